The molecule has 1 heteroatoms. The minimum absolute atomic E-state index is 0.138. The molecule has 0 N–H and O–H groups in total. The van der Waals surface area contributed by atoms with Crippen molar-refractivity contribution in [2.75, 3.05) is 0 Å². The van der Waals surface area contributed by atoms with Crippen LogP contribution < -0.4 is 0 Å². The summed E-state index contributed by atoms with van der Waals surface area (Å²) in [4.78, 5) is 12.7. The molecule has 1 nitrogen and oxygen atoms in total. The second-order valence-corrected chi connectivity index (χ2v) is 5.30. The highest BCUT2D eigenvalue weighted by molar-refractivity contribution is 6.13. The Morgan fingerprint density at radius 2 is 1.65 bits per heavy atom. The molecule has 0 bridgehead atoms. The zero-order chi connectivity index (χ0) is 13.5. The highest BCUT2D eigenvalue weighted by Crippen LogP contribution is 2.33. The van der Waals surface area contributed by atoms with E-state index in [2.05, 4.69) is 24.3 Å². The molecule has 0 fully saturated rings. The molecule has 20 heavy (non-hydrogen) atoms. The Hall–Kier alpha value is -2.41. The Kier molecular flexibility index (Phi) is 2.46. The maximum absolute atomic E-state index is 12.7. The van der Waals surface area contributed by atoms with Gasteiger partial charge in [0.2, 0.25) is 0 Å². The molecule has 1 aliphatic rings. The molecule has 0 atom stereocenters. The van der Waals surface area contributed by atoms with Crippen LogP contribution in [0.4, 0.5) is 0 Å². The van der Waals surface area contributed by atoms with Crippen LogP contribution >= 0.6 is 0 Å². The van der Waals surface area contributed by atoms with Crippen LogP contribution in [-0.4, -0.2) is 5.78 Å². The molecule has 3 aromatic carbocycles. The van der Waals surface area contributed by atoms with E-state index in [0.717, 1.165) is 24.0 Å². The maximum atomic E-state index is 12.7. The van der Waals surface area contributed by atoms with E-state index < -0.39 is 0 Å². The Morgan fingerprint density at radius 1 is 0.800 bits per heavy atom. The average Bonchev–Trinajstić information content (AvgIpc) is 2.94. The van der Waals surface area contributed by atoms with Crippen molar-refractivity contribution in [3.05, 3.63) is 82.9 Å². The van der Waals surface area contributed by atoms with Gasteiger partial charge in [0.25, 0.3) is 0 Å². The van der Waals surface area contributed by atoms with Gasteiger partial charge in [-0.3, -0.25) is 4.79 Å². The zero-order valence-corrected chi connectivity index (χ0v) is 11.1. The highest BCUT2D eigenvalue weighted by Gasteiger charge is 2.21. The lowest BCUT2D eigenvalue weighted by Crippen LogP contribution is -2.04. The summed E-state index contributed by atoms with van der Waals surface area (Å²) < 4.78 is 0. The van der Waals surface area contributed by atoms with Gasteiger partial charge in [0.05, 0.1) is 0 Å². The second kappa shape index (κ2) is 4.31. The van der Waals surface area contributed by atoms with E-state index in [0.29, 0.717) is 0 Å². The van der Waals surface area contributed by atoms with E-state index >= 15 is 0 Å². The molecule has 0 amide bonds. The lowest BCUT2D eigenvalue weighted by atomic mass is 9.94. The van der Waals surface area contributed by atoms with Crippen molar-refractivity contribution in [2.24, 2.45) is 0 Å². The normalized spacial score (nSPS) is 12.8. The molecule has 0 aliphatic heterocycles. The van der Waals surface area contributed by atoms with Gasteiger partial charge in [-0.15, -0.1) is 0 Å². The minimum atomic E-state index is 0.138. The molecular formula is C19H14O. The van der Waals surface area contributed by atoms with Gasteiger partial charge < -0.3 is 0 Å². The van der Waals surface area contributed by atoms with Crippen LogP contribution in [0, 0.1) is 0 Å². The van der Waals surface area contributed by atoms with Crippen LogP contribution in [-0.2, 0) is 12.8 Å². The first kappa shape index (κ1) is 11.4. The van der Waals surface area contributed by atoms with Crippen LogP contribution in [0.15, 0.2) is 60.7 Å². The van der Waals surface area contributed by atoms with Crippen molar-refractivity contribution >= 4 is 16.6 Å². The molecular weight excluding hydrogens is 244 g/mol. The molecule has 0 saturated heterocycles. The van der Waals surface area contributed by atoms with Gasteiger partial charge in [-0.1, -0.05) is 60.7 Å². The fourth-order valence-electron chi connectivity index (χ4n) is 3.22. The minimum Gasteiger partial charge on any atom is -0.289 e. The van der Waals surface area contributed by atoms with Gasteiger partial charge in [0, 0.05) is 11.1 Å². The molecule has 0 spiro atoms. The van der Waals surface area contributed by atoms with Gasteiger partial charge in [-0.2, -0.15) is 0 Å². The Balaban J connectivity index is 1.93. The summed E-state index contributed by atoms with van der Waals surface area (Å²) in [6.07, 6.45) is 2.02. The van der Waals surface area contributed by atoms with Gasteiger partial charge >= 0.3 is 0 Å². The van der Waals surface area contributed by atoms with E-state index in [1.165, 1.54) is 21.9 Å². The van der Waals surface area contributed by atoms with Gasteiger partial charge in [0.15, 0.2) is 5.78 Å². The number of carbonyl (C=O) groups is 1. The summed E-state index contributed by atoms with van der Waals surface area (Å²) in [6.45, 7) is 0. The highest BCUT2D eigenvalue weighted by atomic mass is 16.1. The second-order valence-electron chi connectivity index (χ2n) is 5.30. The first-order chi connectivity index (χ1) is 9.84. The zero-order valence-electron chi connectivity index (χ0n) is 11.1. The molecule has 96 valence electrons. The lowest BCUT2D eigenvalue weighted by Gasteiger charge is -2.08. The van der Waals surface area contributed by atoms with Gasteiger partial charge in [0.1, 0.15) is 0 Å². The van der Waals surface area contributed by atoms with Crippen molar-refractivity contribution in [1.82, 2.24) is 0 Å². The lowest BCUT2D eigenvalue weighted by molar-refractivity contribution is 0.103. The Labute approximate surface area is 117 Å². The number of carbonyl (C=O) groups excluding carboxylic acids is 1. The molecule has 1 aliphatic carbocycles. The number of rotatable bonds is 2. The molecule has 3 aromatic rings. The quantitative estimate of drug-likeness (QED) is 0.630. The number of ketones is 1. The number of aryl methyl sites for hydroxylation is 2. The van der Waals surface area contributed by atoms with Crippen LogP contribution in [0.2, 0.25) is 0 Å². The fraction of sp³-hybridized carbons (Fsp3) is 0.105. The van der Waals surface area contributed by atoms with E-state index in [4.69, 9.17) is 0 Å². The Morgan fingerprint density at radius 3 is 2.50 bits per heavy atom. The molecule has 0 radical (unpaired) electrons. The maximum Gasteiger partial charge on any atom is 0.193 e. The van der Waals surface area contributed by atoms with E-state index in [1.54, 1.807) is 0 Å². The SMILES string of the molecule is O=C(c1ccccc1)c1ccc2cccc3c2c1CC3. The third-order valence-electron chi connectivity index (χ3n) is 4.16. The van der Waals surface area contributed by atoms with Crippen molar-refractivity contribution < 1.29 is 4.79 Å². The average molecular weight is 258 g/mol. The predicted molar refractivity (Wildman–Crippen MR) is 81.2 cm³/mol. The number of hydrogen-bond acceptors (Lipinski definition) is 1. The van der Waals surface area contributed by atoms with E-state index in [-0.39, 0.29) is 5.78 Å². The van der Waals surface area contributed by atoms with Crippen molar-refractivity contribution in [1.29, 1.82) is 0 Å². The summed E-state index contributed by atoms with van der Waals surface area (Å²) >= 11 is 0. The molecule has 4 rings (SSSR count). The smallest absolute Gasteiger partial charge is 0.193 e. The first-order valence-corrected chi connectivity index (χ1v) is 6.98. The number of hydrogen-bond donors (Lipinski definition) is 0. The van der Waals surface area contributed by atoms with Crippen LogP contribution in [0.1, 0.15) is 27.0 Å². The predicted octanol–water partition coefficient (Wildman–Crippen LogP) is 4.17. The van der Waals surface area contributed by atoms with Gasteiger partial charge in [-0.05, 0) is 34.7 Å². The monoisotopic (exact) mass is 258 g/mol. The third-order valence-corrected chi connectivity index (χ3v) is 4.16. The molecule has 0 heterocycles. The van der Waals surface area contributed by atoms with E-state index in [9.17, 15) is 4.79 Å². The molecule has 0 saturated carbocycles. The summed E-state index contributed by atoms with van der Waals surface area (Å²) in [7, 11) is 0. The van der Waals surface area contributed by atoms with Crippen LogP contribution in [0.25, 0.3) is 10.8 Å². The topological polar surface area (TPSA) is 17.1 Å². The summed E-state index contributed by atoms with van der Waals surface area (Å²) in [5.74, 6) is 0.138. The molecule has 0 aromatic heterocycles. The van der Waals surface area contributed by atoms with Crippen LogP contribution in [0.3, 0.4) is 0 Å². The summed E-state index contributed by atoms with van der Waals surface area (Å²) in [5.41, 5.74) is 4.24. The van der Waals surface area contributed by atoms with Crippen LogP contribution in [0.5, 0.6) is 0 Å². The molecule has 0 unspecified atom stereocenters. The largest absolute Gasteiger partial charge is 0.289 e. The summed E-state index contributed by atoms with van der Waals surface area (Å²) in [5, 5.41) is 2.55. The third kappa shape index (κ3) is 1.60. The Bertz CT molecular complexity index is 816. The van der Waals surface area contributed by atoms with E-state index in [1.807, 2.05) is 36.4 Å². The fourth-order valence-corrected chi connectivity index (χ4v) is 3.22. The van der Waals surface area contributed by atoms with Crippen molar-refractivity contribution in [3.63, 3.8) is 0 Å². The number of benzene rings is 3. The standard InChI is InChI=1S/C19H14O/c20-19(15-5-2-1-3-6-15)17-12-10-14-8-4-7-13-9-11-16(17)18(13)14/h1-8,10,12H,9,11H2. The summed E-state index contributed by atoms with van der Waals surface area (Å²) in [6, 6.07) is 20.0. The first-order valence-electron chi connectivity index (χ1n) is 6.98. The van der Waals surface area contributed by atoms with Crippen molar-refractivity contribution in [2.45, 2.75) is 12.8 Å². The van der Waals surface area contributed by atoms with Gasteiger partial charge in [-0.25, -0.2) is 0 Å². The van der Waals surface area contributed by atoms with Crippen molar-refractivity contribution in [3.8, 4) is 0 Å².